The number of nitrogens with one attached hydrogen (secondary N) is 1. The van der Waals surface area contributed by atoms with Crippen LogP contribution in [0.15, 0.2) is 17.3 Å². The summed E-state index contributed by atoms with van der Waals surface area (Å²) in [5.41, 5.74) is 0.0200. The lowest BCUT2D eigenvalue weighted by molar-refractivity contribution is 0.0975. The molecule has 0 spiro atoms. The number of amides is 1. The highest BCUT2D eigenvalue weighted by Crippen LogP contribution is 2.21. The monoisotopic (exact) mass is 337 g/mol. The number of carbonyl (C=O) groups is 1. The Hall–Kier alpha value is -2.36. The minimum Gasteiger partial charge on any atom is -0.478 e. The molecule has 122 valence electrons. The lowest BCUT2D eigenvalue weighted by Gasteiger charge is -2.13. The molecule has 0 aromatic carbocycles. The number of ether oxygens (including phenoxy) is 1. The SMILES string of the molecule is O=C(NS(=O)(=O)c1cnc2n1CCC2)c1cc2n(n1)CCCO2. The molecule has 9 nitrogen and oxygen atoms in total. The first-order chi connectivity index (χ1) is 11.0. The lowest BCUT2D eigenvalue weighted by Crippen LogP contribution is -2.32. The Morgan fingerprint density at radius 3 is 3.00 bits per heavy atom. The van der Waals surface area contributed by atoms with Crippen LogP contribution < -0.4 is 9.46 Å². The Balaban J connectivity index is 1.59. The van der Waals surface area contributed by atoms with E-state index in [2.05, 4.69) is 14.8 Å². The first-order valence-corrected chi connectivity index (χ1v) is 8.85. The molecule has 0 atom stereocenters. The highest BCUT2D eigenvalue weighted by molar-refractivity contribution is 7.90. The van der Waals surface area contributed by atoms with E-state index >= 15 is 0 Å². The number of sulfonamides is 1. The number of rotatable bonds is 3. The van der Waals surface area contributed by atoms with Gasteiger partial charge in [0.15, 0.2) is 10.7 Å². The first-order valence-electron chi connectivity index (χ1n) is 7.37. The van der Waals surface area contributed by atoms with Crippen molar-refractivity contribution in [1.82, 2.24) is 24.1 Å². The molecule has 0 unspecified atom stereocenters. The van der Waals surface area contributed by atoms with Crippen LogP contribution >= 0.6 is 0 Å². The zero-order valence-corrected chi connectivity index (χ0v) is 13.0. The summed E-state index contributed by atoms with van der Waals surface area (Å²) < 4.78 is 35.5. The van der Waals surface area contributed by atoms with Gasteiger partial charge in [0.1, 0.15) is 5.82 Å². The van der Waals surface area contributed by atoms with Crippen molar-refractivity contribution in [2.24, 2.45) is 0 Å². The van der Waals surface area contributed by atoms with Crippen LogP contribution in [0.3, 0.4) is 0 Å². The van der Waals surface area contributed by atoms with Crippen LogP contribution in [0, 0.1) is 0 Å². The number of carbonyl (C=O) groups excluding carboxylic acids is 1. The minimum absolute atomic E-state index is 0.0126. The fourth-order valence-electron chi connectivity index (χ4n) is 2.85. The van der Waals surface area contributed by atoms with Crippen molar-refractivity contribution in [3.8, 4) is 5.88 Å². The van der Waals surface area contributed by atoms with Gasteiger partial charge in [-0.2, -0.15) is 13.5 Å². The van der Waals surface area contributed by atoms with E-state index in [1.54, 1.807) is 9.25 Å². The molecule has 0 radical (unpaired) electrons. The molecular weight excluding hydrogens is 322 g/mol. The van der Waals surface area contributed by atoms with Gasteiger partial charge in [-0.3, -0.25) is 4.79 Å². The molecule has 2 aliphatic rings. The van der Waals surface area contributed by atoms with E-state index in [-0.39, 0.29) is 10.7 Å². The van der Waals surface area contributed by atoms with Crippen LogP contribution in [0.4, 0.5) is 0 Å². The average molecular weight is 337 g/mol. The van der Waals surface area contributed by atoms with Crippen LogP contribution in [-0.2, 0) is 29.5 Å². The van der Waals surface area contributed by atoms with E-state index in [0.29, 0.717) is 25.6 Å². The third-order valence-electron chi connectivity index (χ3n) is 3.93. The predicted molar refractivity (Wildman–Crippen MR) is 77.5 cm³/mol. The van der Waals surface area contributed by atoms with E-state index in [4.69, 9.17) is 4.74 Å². The van der Waals surface area contributed by atoms with Crippen LogP contribution in [0.5, 0.6) is 5.88 Å². The zero-order valence-electron chi connectivity index (χ0n) is 12.2. The van der Waals surface area contributed by atoms with Gasteiger partial charge >= 0.3 is 0 Å². The Kier molecular flexibility index (Phi) is 3.15. The van der Waals surface area contributed by atoms with Gasteiger partial charge in [-0.15, -0.1) is 0 Å². The van der Waals surface area contributed by atoms with E-state index in [1.807, 2.05) is 0 Å². The summed E-state index contributed by atoms with van der Waals surface area (Å²) in [6, 6.07) is 1.45. The summed E-state index contributed by atoms with van der Waals surface area (Å²) in [6.07, 6.45) is 3.68. The fraction of sp³-hybridized carbons (Fsp3) is 0.462. The van der Waals surface area contributed by atoms with Gasteiger partial charge in [0.05, 0.1) is 12.8 Å². The molecule has 0 bridgehead atoms. The second-order valence-corrected chi connectivity index (χ2v) is 7.12. The quantitative estimate of drug-likeness (QED) is 0.840. The zero-order chi connectivity index (χ0) is 16.0. The molecule has 0 saturated carbocycles. The number of nitrogens with zero attached hydrogens (tertiary/aromatic N) is 4. The van der Waals surface area contributed by atoms with Gasteiger partial charge in [0, 0.05) is 32.0 Å². The van der Waals surface area contributed by atoms with Crippen molar-refractivity contribution in [3.05, 3.63) is 23.8 Å². The molecule has 2 aromatic heterocycles. The van der Waals surface area contributed by atoms with E-state index < -0.39 is 15.9 Å². The lowest BCUT2D eigenvalue weighted by atomic mass is 10.4. The molecule has 0 saturated heterocycles. The van der Waals surface area contributed by atoms with Gasteiger partial charge in [-0.1, -0.05) is 0 Å². The number of hydrogen-bond acceptors (Lipinski definition) is 6. The molecule has 2 aromatic rings. The maximum atomic E-state index is 12.4. The Morgan fingerprint density at radius 1 is 1.30 bits per heavy atom. The Labute approximate surface area is 132 Å². The Morgan fingerprint density at radius 2 is 2.17 bits per heavy atom. The van der Waals surface area contributed by atoms with Gasteiger partial charge in [0.2, 0.25) is 5.88 Å². The fourth-order valence-corrected chi connectivity index (χ4v) is 3.98. The second-order valence-electron chi connectivity index (χ2n) is 5.50. The van der Waals surface area contributed by atoms with Gasteiger partial charge in [0.25, 0.3) is 15.9 Å². The molecule has 1 amide bonds. The van der Waals surface area contributed by atoms with E-state index in [9.17, 15) is 13.2 Å². The molecule has 10 heteroatoms. The molecule has 2 aliphatic heterocycles. The summed E-state index contributed by atoms with van der Waals surface area (Å²) in [5.74, 6) is 0.428. The number of fused-ring (bicyclic) bond motifs is 2. The number of imidazole rings is 1. The van der Waals surface area contributed by atoms with Gasteiger partial charge in [-0.25, -0.2) is 14.4 Å². The topological polar surface area (TPSA) is 108 Å². The van der Waals surface area contributed by atoms with Crippen molar-refractivity contribution >= 4 is 15.9 Å². The van der Waals surface area contributed by atoms with Crippen LogP contribution in [0.1, 0.15) is 29.2 Å². The minimum atomic E-state index is -3.98. The molecule has 0 fully saturated rings. The van der Waals surface area contributed by atoms with Crippen molar-refractivity contribution in [3.63, 3.8) is 0 Å². The summed E-state index contributed by atoms with van der Waals surface area (Å²) in [6.45, 7) is 1.80. The first kappa shape index (κ1) is 14.2. The molecule has 0 aliphatic carbocycles. The van der Waals surface area contributed by atoms with Crippen molar-refractivity contribution in [2.75, 3.05) is 6.61 Å². The van der Waals surface area contributed by atoms with Crippen molar-refractivity contribution in [1.29, 1.82) is 0 Å². The molecule has 4 rings (SSSR count). The average Bonchev–Trinajstić information content (AvgIpc) is 3.20. The van der Waals surface area contributed by atoms with Crippen molar-refractivity contribution in [2.45, 2.75) is 37.4 Å². The number of aromatic nitrogens is 4. The third kappa shape index (κ3) is 2.38. The molecule has 4 heterocycles. The van der Waals surface area contributed by atoms with Crippen LogP contribution in [0.2, 0.25) is 0 Å². The molecular formula is C13H15N5O4S. The van der Waals surface area contributed by atoms with Crippen molar-refractivity contribution < 1.29 is 17.9 Å². The summed E-state index contributed by atoms with van der Waals surface area (Å²) >= 11 is 0. The normalized spacial score (nSPS) is 16.5. The number of aryl methyl sites for hydroxylation is 2. The highest BCUT2D eigenvalue weighted by Gasteiger charge is 2.28. The standard InChI is InChI=1S/C13H15N5O4S/c19-13(9-7-11-18(15-9)5-2-6-22-11)16-23(20,21)12-8-14-10-3-1-4-17(10)12/h7-8H,1-6H2,(H,16,19). The van der Waals surface area contributed by atoms with Gasteiger partial charge < -0.3 is 9.30 Å². The highest BCUT2D eigenvalue weighted by atomic mass is 32.2. The second kappa shape index (κ2) is 5.08. The largest absolute Gasteiger partial charge is 0.478 e. The maximum Gasteiger partial charge on any atom is 0.285 e. The molecule has 23 heavy (non-hydrogen) atoms. The van der Waals surface area contributed by atoms with E-state index in [1.165, 1.54) is 12.3 Å². The smallest absolute Gasteiger partial charge is 0.285 e. The summed E-state index contributed by atoms with van der Waals surface area (Å²) in [7, 11) is -3.98. The van der Waals surface area contributed by atoms with E-state index in [0.717, 1.165) is 25.1 Å². The van der Waals surface area contributed by atoms with Gasteiger partial charge in [-0.05, 0) is 6.42 Å². The summed E-state index contributed by atoms with van der Waals surface area (Å²) in [4.78, 5) is 16.3. The van der Waals surface area contributed by atoms with Crippen LogP contribution in [0.25, 0.3) is 0 Å². The molecule has 1 N–H and O–H groups in total. The predicted octanol–water partition coefficient (Wildman–Crippen LogP) is -0.0730. The summed E-state index contributed by atoms with van der Waals surface area (Å²) in [5, 5.41) is 4.09. The maximum absolute atomic E-state index is 12.4. The number of hydrogen-bond donors (Lipinski definition) is 1. The van der Waals surface area contributed by atoms with Crippen LogP contribution in [-0.4, -0.2) is 40.3 Å². The third-order valence-corrected chi connectivity index (χ3v) is 5.26. The Bertz CT molecular complexity index is 859.